The van der Waals surface area contributed by atoms with Crippen LogP contribution in [0.5, 0.6) is 0 Å². The van der Waals surface area contributed by atoms with Gasteiger partial charge in [-0.2, -0.15) is 9.78 Å². The molecule has 4 heteroatoms. The van der Waals surface area contributed by atoms with Crippen LogP contribution in [-0.4, -0.2) is 15.8 Å². The van der Waals surface area contributed by atoms with E-state index in [1.165, 1.54) is 10.2 Å². The third kappa shape index (κ3) is 2.52. The van der Waals surface area contributed by atoms with Gasteiger partial charge in [-0.25, -0.2) is 4.79 Å². The molecule has 1 amide bonds. The highest BCUT2D eigenvalue weighted by molar-refractivity contribution is 5.97. The number of aromatic nitrogens is 2. The number of hydrogen-bond donors (Lipinski definition) is 1. The van der Waals surface area contributed by atoms with Gasteiger partial charge in [0.05, 0.1) is 11.7 Å². The van der Waals surface area contributed by atoms with Gasteiger partial charge in [0, 0.05) is 11.1 Å². The number of carbonyl (C=O) groups is 1. The highest BCUT2D eigenvalue weighted by Crippen LogP contribution is 2.17. The maximum atomic E-state index is 12.4. The Bertz CT molecular complexity index is 833. The minimum Gasteiger partial charge on any atom is -0.306 e. The maximum Gasteiger partial charge on any atom is 0.347 e. The predicted molar refractivity (Wildman–Crippen MR) is 84.8 cm³/mol. The van der Waals surface area contributed by atoms with Gasteiger partial charge in [-0.1, -0.05) is 18.2 Å². The third-order valence-electron chi connectivity index (χ3n) is 3.68. The Morgan fingerprint density at radius 2 is 1.86 bits per heavy atom. The van der Waals surface area contributed by atoms with Crippen molar-refractivity contribution in [2.24, 2.45) is 0 Å². The summed E-state index contributed by atoms with van der Waals surface area (Å²) in [5.74, 6) is 0. The number of amides is 1. The van der Waals surface area contributed by atoms with Crippen LogP contribution in [0, 0.1) is 20.8 Å². The van der Waals surface area contributed by atoms with Crippen LogP contribution in [0.4, 0.5) is 10.5 Å². The number of rotatable bonds is 1. The summed E-state index contributed by atoms with van der Waals surface area (Å²) in [6.45, 7) is 6.07. The largest absolute Gasteiger partial charge is 0.347 e. The van der Waals surface area contributed by atoms with E-state index in [1.54, 1.807) is 6.20 Å². The van der Waals surface area contributed by atoms with Crippen molar-refractivity contribution in [2.45, 2.75) is 20.8 Å². The highest BCUT2D eigenvalue weighted by Gasteiger charge is 2.11. The van der Waals surface area contributed by atoms with Gasteiger partial charge in [0.1, 0.15) is 0 Å². The molecule has 0 atom stereocenters. The van der Waals surface area contributed by atoms with Crippen molar-refractivity contribution in [1.82, 2.24) is 9.78 Å². The third-order valence-corrected chi connectivity index (χ3v) is 3.68. The zero-order valence-electron chi connectivity index (χ0n) is 12.3. The lowest BCUT2D eigenvalue weighted by atomic mass is 10.1. The Hall–Kier alpha value is -2.62. The summed E-state index contributed by atoms with van der Waals surface area (Å²) in [5, 5.41) is 8.02. The second-order valence-electron chi connectivity index (χ2n) is 5.35. The summed E-state index contributed by atoms with van der Waals surface area (Å²) in [6.07, 6.45) is 1.70. The maximum absolute atomic E-state index is 12.4. The van der Waals surface area contributed by atoms with Crippen LogP contribution >= 0.6 is 0 Å². The molecule has 1 heterocycles. The molecule has 0 aliphatic heterocycles. The molecule has 1 N–H and O–H groups in total. The fourth-order valence-corrected chi connectivity index (χ4v) is 2.29. The molecule has 0 fully saturated rings. The van der Waals surface area contributed by atoms with Gasteiger partial charge in [0.25, 0.3) is 0 Å². The first-order valence-corrected chi connectivity index (χ1v) is 6.87. The second kappa shape index (κ2) is 5.05. The van der Waals surface area contributed by atoms with Crippen molar-refractivity contribution in [2.75, 3.05) is 5.32 Å². The summed E-state index contributed by atoms with van der Waals surface area (Å²) in [4.78, 5) is 12.4. The minimum absolute atomic E-state index is 0.251. The summed E-state index contributed by atoms with van der Waals surface area (Å²) in [7, 11) is 0. The lowest BCUT2D eigenvalue weighted by Crippen LogP contribution is -2.20. The zero-order chi connectivity index (χ0) is 15.0. The van der Waals surface area contributed by atoms with Gasteiger partial charge < -0.3 is 5.32 Å². The molecule has 0 radical (unpaired) electrons. The number of nitrogens with one attached hydrogen (secondary N) is 1. The standard InChI is InChI=1S/C17H17N3O/c1-11-4-6-14-10-18-20(16(14)8-11)17(21)19-15-7-5-12(2)13(3)9-15/h4-10H,1-3H3,(H,19,21). The molecule has 0 bridgehead atoms. The summed E-state index contributed by atoms with van der Waals surface area (Å²) >= 11 is 0. The first-order valence-electron chi connectivity index (χ1n) is 6.87. The molecule has 3 aromatic rings. The van der Waals surface area contributed by atoms with Gasteiger partial charge in [-0.3, -0.25) is 0 Å². The van der Waals surface area contributed by atoms with Crippen molar-refractivity contribution in [3.8, 4) is 0 Å². The number of aryl methyl sites for hydroxylation is 3. The normalized spacial score (nSPS) is 10.8. The van der Waals surface area contributed by atoms with Crippen molar-refractivity contribution >= 4 is 22.6 Å². The van der Waals surface area contributed by atoms with Crippen molar-refractivity contribution in [3.63, 3.8) is 0 Å². The smallest absolute Gasteiger partial charge is 0.306 e. The fraction of sp³-hybridized carbons (Fsp3) is 0.176. The van der Waals surface area contributed by atoms with Gasteiger partial charge in [0.15, 0.2) is 0 Å². The average Bonchev–Trinajstić information content (AvgIpc) is 2.86. The Kier molecular flexibility index (Phi) is 3.22. The van der Waals surface area contributed by atoms with Gasteiger partial charge in [-0.15, -0.1) is 0 Å². The van der Waals surface area contributed by atoms with Gasteiger partial charge in [0.2, 0.25) is 0 Å². The summed E-state index contributed by atoms with van der Waals surface area (Å²) in [6, 6.07) is 11.5. The van der Waals surface area contributed by atoms with E-state index in [0.29, 0.717) is 0 Å². The van der Waals surface area contributed by atoms with E-state index in [4.69, 9.17) is 0 Å². The fourth-order valence-electron chi connectivity index (χ4n) is 2.29. The molecule has 0 aliphatic carbocycles. The molecule has 21 heavy (non-hydrogen) atoms. The van der Waals surface area contributed by atoms with E-state index >= 15 is 0 Å². The number of nitrogens with zero attached hydrogens (tertiary/aromatic N) is 2. The van der Waals surface area contributed by atoms with Crippen LogP contribution in [0.1, 0.15) is 16.7 Å². The lowest BCUT2D eigenvalue weighted by Gasteiger charge is -2.08. The topological polar surface area (TPSA) is 46.9 Å². The number of fused-ring (bicyclic) bond motifs is 1. The predicted octanol–water partition coefficient (Wildman–Crippen LogP) is 4.04. The molecular formula is C17H17N3O. The van der Waals surface area contributed by atoms with E-state index in [-0.39, 0.29) is 6.03 Å². The monoisotopic (exact) mass is 279 g/mol. The molecule has 4 nitrogen and oxygen atoms in total. The molecule has 0 saturated heterocycles. The van der Waals surface area contributed by atoms with Crippen molar-refractivity contribution < 1.29 is 4.79 Å². The Balaban J connectivity index is 1.93. The molecule has 2 aromatic carbocycles. The van der Waals surface area contributed by atoms with E-state index in [9.17, 15) is 4.79 Å². The molecule has 106 valence electrons. The number of carbonyl (C=O) groups excluding carboxylic acids is 1. The molecule has 0 saturated carbocycles. The highest BCUT2D eigenvalue weighted by atomic mass is 16.2. The first kappa shape index (κ1) is 13.4. The number of anilines is 1. The van der Waals surface area contributed by atoms with Crippen LogP contribution in [0.25, 0.3) is 10.9 Å². The zero-order valence-corrected chi connectivity index (χ0v) is 12.3. The van der Waals surface area contributed by atoms with Crippen LogP contribution in [0.15, 0.2) is 42.6 Å². The molecular weight excluding hydrogens is 262 g/mol. The van der Waals surface area contributed by atoms with E-state index in [0.717, 1.165) is 27.7 Å². The Labute approximate surface area is 123 Å². The summed E-state index contributed by atoms with van der Waals surface area (Å²) < 4.78 is 1.40. The summed E-state index contributed by atoms with van der Waals surface area (Å²) in [5.41, 5.74) is 5.04. The molecule has 0 aliphatic rings. The molecule has 1 aromatic heterocycles. The van der Waals surface area contributed by atoms with E-state index in [2.05, 4.69) is 10.4 Å². The number of benzene rings is 2. The van der Waals surface area contributed by atoms with Crippen LogP contribution < -0.4 is 5.32 Å². The van der Waals surface area contributed by atoms with Crippen LogP contribution in [0.3, 0.4) is 0 Å². The minimum atomic E-state index is -0.251. The Morgan fingerprint density at radius 3 is 2.62 bits per heavy atom. The quantitative estimate of drug-likeness (QED) is 0.730. The van der Waals surface area contributed by atoms with Crippen molar-refractivity contribution in [1.29, 1.82) is 0 Å². The first-order chi connectivity index (χ1) is 10.0. The molecule has 0 spiro atoms. The molecule has 0 unspecified atom stereocenters. The van der Waals surface area contributed by atoms with Crippen molar-refractivity contribution in [3.05, 3.63) is 59.3 Å². The molecule has 3 rings (SSSR count). The van der Waals surface area contributed by atoms with Crippen LogP contribution in [0.2, 0.25) is 0 Å². The van der Waals surface area contributed by atoms with E-state index < -0.39 is 0 Å². The van der Waals surface area contributed by atoms with Crippen LogP contribution in [-0.2, 0) is 0 Å². The Morgan fingerprint density at radius 1 is 1.05 bits per heavy atom. The lowest BCUT2D eigenvalue weighted by molar-refractivity contribution is 0.252. The van der Waals surface area contributed by atoms with Gasteiger partial charge in [-0.05, 0) is 55.7 Å². The van der Waals surface area contributed by atoms with Gasteiger partial charge >= 0.3 is 6.03 Å². The second-order valence-corrected chi connectivity index (χ2v) is 5.35. The SMILES string of the molecule is Cc1ccc2cnn(C(=O)Nc3ccc(C)c(C)c3)c2c1. The van der Waals surface area contributed by atoms with E-state index in [1.807, 2.05) is 57.2 Å². The average molecular weight is 279 g/mol. The number of hydrogen-bond acceptors (Lipinski definition) is 2.